The van der Waals surface area contributed by atoms with Crippen molar-refractivity contribution in [3.8, 4) is 0 Å². The van der Waals surface area contributed by atoms with Crippen LogP contribution in [0.4, 0.5) is 0 Å². The van der Waals surface area contributed by atoms with E-state index in [1.54, 1.807) is 0 Å². The second-order valence-electron chi connectivity index (χ2n) is 2.76. The van der Waals surface area contributed by atoms with Gasteiger partial charge in [0.25, 0.3) is 0 Å². The molecule has 1 atom stereocenters. The Morgan fingerprint density at radius 3 is 3.00 bits per heavy atom. The van der Waals surface area contributed by atoms with Gasteiger partial charge < -0.3 is 5.21 Å². The fourth-order valence-electron chi connectivity index (χ4n) is 1.27. The van der Waals surface area contributed by atoms with E-state index in [2.05, 4.69) is 15.9 Å². The first-order valence-corrected chi connectivity index (χ1v) is 4.72. The molecule has 2 nitrogen and oxygen atoms in total. The Morgan fingerprint density at radius 2 is 2.50 bits per heavy atom. The van der Waals surface area contributed by atoms with Gasteiger partial charge in [-0.2, -0.15) is 0 Å². The molecule has 58 valence electrons. The normalized spacial score (nSPS) is 27.2. The van der Waals surface area contributed by atoms with Gasteiger partial charge in [-0.15, -0.1) is 0 Å². The van der Waals surface area contributed by atoms with Gasteiger partial charge in [-0.25, -0.2) is 4.74 Å². The van der Waals surface area contributed by atoms with E-state index < -0.39 is 0 Å². The van der Waals surface area contributed by atoms with Crippen molar-refractivity contribution in [3.05, 3.63) is 5.21 Å². The zero-order chi connectivity index (χ0) is 7.56. The van der Waals surface area contributed by atoms with Crippen LogP contribution in [0.2, 0.25) is 0 Å². The van der Waals surface area contributed by atoms with E-state index in [9.17, 15) is 5.21 Å². The molecule has 0 spiro atoms. The fraction of sp³-hybridized carbons (Fsp3) is 0.857. The highest BCUT2D eigenvalue weighted by Gasteiger charge is 2.21. The summed E-state index contributed by atoms with van der Waals surface area (Å²) in [4.78, 5) is 0. The number of nitrogens with zero attached hydrogens (tertiary/aromatic N) is 1. The average molecular weight is 206 g/mol. The molecule has 0 radical (unpaired) electrons. The maximum atomic E-state index is 11.2. The molecule has 1 rings (SSSR count). The van der Waals surface area contributed by atoms with Crippen LogP contribution in [0.3, 0.4) is 0 Å². The molecular weight excluding hydrogens is 194 g/mol. The van der Waals surface area contributed by atoms with Gasteiger partial charge in [0.1, 0.15) is 0 Å². The van der Waals surface area contributed by atoms with Crippen LogP contribution in [0, 0.1) is 5.21 Å². The van der Waals surface area contributed by atoms with Crippen molar-refractivity contribution in [1.29, 1.82) is 0 Å². The molecule has 3 heteroatoms. The minimum Gasteiger partial charge on any atom is -0.624 e. The Morgan fingerprint density at radius 1 is 1.80 bits per heavy atom. The van der Waals surface area contributed by atoms with Crippen molar-refractivity contribution in [2.45, 2.75) is 32.2 Å². The standard InChI is InChI=1S/C7H12BrNO/c1-6-3-2-4-7(5-8)9(6)10/h7H,2-5H2,1H3. The van der Waals surface area contributed by atoms with E-state index in [0.29, 0.717) is 0 Å². The minimum atomic E-state index is 0.189. The highest BCUT2D eigenvalue weighted by Crippen LogP contribution is 2.14. The molecule has 0 saturated carbocycles. The van der Waals surface area contributed by atoms with E-state index >= 15 is 0 Å². The van der Waals surface area contributed by atoms with E-state index in [0.717, 1.165) is 28.6 Å². The molecule has 1 aliphatic heterocycles. The number of hydroxylamine groups is 1. The van der Waals surface area contributed by atoms with Crippen LogP contribution in [0.1, 0.15) is 26.2 Å². The van der Waals surface area contributed by atoms with Crippen LogP contribution < -0.4 is 0 Å². The highest BCUT2D eigenvalue weighted by atomic mass is 79.9. The number of hydrogen-bond acceptors (Lipinski definition) is 1. The molecule has 0 aromatic rings. The van der Waals surface area contributed by atoms with Crippen molar-refractivity contribution < 1.29 is 4.74 Å². The summed E-state index contributed by atoms with van der Waals surface area (Å²) in [6, 6.07) is 0.189. The third kappa shape index (κ3) is 1.51. The third-order valence-electron chi connectivity index (χ3n) is 1.96. The van der Waals surface area contributed by atoms with Crippen LogP contribution >= 0.6 is 15.9 Å². The predicted molar refractivity (Wildman–Crippen MR) is 45.7 cm³/mol. The Bertz CT molecular complexity index is 156. The van der Waals surface area contributed by atoms with Crippen LogP contribution in [0.25, 0.3) is 0 Å². The van der Waals surface area contributed by atoms with Gasteiger partial charge in [-0.1, -0.05) is 15.9 Å². The minimum absolute atomic E-state index is 0.189. The van der Waals surface area contributed by atoms with E-state index in [1.165, 1.54) is 6.42 Å². The lowest BCUT2D eigenvalue weighted by atomic mass is 10.1. The molecule has 0 bridgehead atoms. The lowest BCUT2D eigenvalue weighted by Crippen LogP contribution is -2.31. The number of hydrogen-bond donors (Lipinski definition) is 0. The number of halogens is 1. The molecule has 0 amide bonds. The predicted octanol–water partition coefficient (Wildman–Crippen LogP) is 1.91. The Kier molecular flexibility index (Phi) is 2.72. The average Bonchev–Trinajstić information content (AvgIpc) is 1.95. The largest absolute Gasteiger partial charge is 0.624 e. The molecule has 0 aromatic heterocycles. The van der Waals surface area contributed by atoms with Gasteiger partial charge in [0.15, 0.2) is 11.8 Å². The second-order valence-corrected chi connectivity index (χ2v) is 3.41. The smallest absolute Gasteiger partial charge is 0.172 e. The van der Waals surface area contributed by atoms with Gasteiger partial charge in [-0.3, -0.25) is 0 Å². The van der Waals surface area contributed by atoms with Crippen molar-refractivity contribution in [1.82, 2.24) is 0 Å². The zero-order valence-corrected chi connectivity index (χ0v) is 7.73. The molecule has 0 aromatic carbocycles. The van der Waals surface area contributed by atoms with E-state index in [4.69, 9.17) is 0 Å². The first-order chi connectivity index (χ1) is 4.75. The highest BCUT2D eigenvalue weighted by molar-refractivity contribution is 9.09. The van der Waals surface area contributed by atoms with E-state index in [-0.39, 0.29) is 6.04 Å². The first kappa shape index (κ1) is 8.05. The molecule has 1 aliphatic rings. The summed E-state index contributed by atoms with van der Waals surface area (Å²) < 4.78 is 1.15. The van der Waals surface area contributed by atoms with Gasteiger partial charge >= 0.3 is 0 Å². The van der Waals surface area contributed by atoms with Gasteiger partial charge in [0, 0.05) is 19.8 Å². The maximum Gasteiger partial charge on any atom is 0.172 e. The third-order valence-corrected chi connectivity index (χ3v) is 2.71. The quantitative estimate of drug-likeness (QED) is 0.365. The van der Waals surface area contributed by atoms with Gasteiger partial charge in [0.2, 0.25) is 0 Å². The molecule has 0 N–H and O–H groups in total. The molecule has 1 heterocycles. The summed E-state index contributed by atoms with van der Waals surface area (Å²) in [6.07, 6.45) is 3.18. The van der Waals surface area contributed by atoms with Crippen molar-refractivity contribution in [2.75, 3.05) is 5.33 Å². The lowest BCUT2D eigenvalue weighted by molar-refractivity contribution is -0.502. The summed E-state index contributed by atoms with van der Waals surface area (Å²) in [5.74, 6) is 0. The van der Waals surface area contributed by atoms with Crippen molar-refractivity contribution in [2.24, 2.45) is 0 Å². The maximum absolute atomic E-state index is 11.2. The fourth-order valence-corrected chi connectivity index (χ4v) is 1.86. The van der Waals surface area contributed by atoms with Crippen molar-refractivity contribution >= 4 is 21.6 Å². The van der Waals surface area contributed by atoms with Crippen LogP contribution in [-0.2, 0) is 0 Å². The number of alkyl halides is 1. The van der Waals surface area contributed by atoms with Crippen LogP contribution in [-0.4, -0.2) is 21.8 Å². The van der Waals surface area contributed by atoms with Crippen molar-refractivity contribution in [3.63, 3.8) is 0 Å². The van der Waals surface area contributed by atoms with Gasteiger partial charge in [0.05, 0.1) is 5.33 Å². The molecule has 0 aliphatic carbocycles. The monoisotopic (exact) mass is 205 g/mol. The summed E-state index contributed by atoms with van der Waals surface area (Å²) in [5, 5.41) is 12.0. The molecule has 10 heavy (non-hydrogen) atoms. The Balaban J connectivity index is 2.68. The molecule has 0 fully saturated rings. The summed E-state index contributed by atoms with van der Waals surface area (Å²) in [6.45, 7) is 1.92. The summed E-state index contributed by atoms with van der Waals surface area (Å²) in [5.41, 5.74) is 0.982. The first-order valence-electron chi connectivity index (χ1n) is 3.60. The van der Waals surface area contributed by atoms with Crippen LogP contribution in [0.15, 0.2) is 0 Å². The Hall–Kier alpha value is -0.0500. The summed E-state index contributed by atoms with van der Waals surface area (Å²) in [7, 11) is 0. The molecular formula is C7H12BrNO. The zero-order valence-electron chi connectivity index (χ0n) is 6.14. The topological polar surface area (TPSA) is 26.1 Å². The van der Waals surface area contributed by atoms with Crippen LogP contribution in [0.5, 0.6) is 0 Å². The SMILES string of the molecule is CC1=[N+]([O-])C(CBr)CCC1. The summed E-state index contributed by atoms with van der Waals surface area (Å²) >= 11 is 3.32. The molecule has 0 saturated heterocycles. The Labute approximate surface area is 69.6 Å². The molecule has 1 unspecified atom stereocenters. The second kappa shape index (κ2) is 3.37. The van der Waals surface area contributed by atoms with Gasteiger partial charge in [-0.05, 0) is 6.42 Å². The lowest BCUT2D eigenvalue weighted by Gasteiger charge is -2.21. The number of rotatable bonds is 1. The van der Waals surface area contributed by atoms with E-state index in [1.807, 2.05) is 6.92 Å².